The van der Waals surface area contributed by atoms with Gasteiger partial charge in [0.15, 0.2) is 0 Å². The van der Waals surface area contributed by atoms with Crippen molar-refractivity contribution in [3.05, 3.63) is 84.7 Å². The van der Waals surface area contributed by atoms with Crippen LogP contribution >= 0.6 is 0 Å². The number of pyridine rings is 2. The molecule has 30 heavy (non-hydrogen) atoms. The molecule has 0 atom stereocenters. The number of nitrogens with one attached hydrogen (secondary N) is 3. The van der Waals surface area contributed by atoms with Gasteiger partial charge in [0.25, 0.3) is 5.91 Å². The highest BCUT2D eigenvalue weighted by molar-refractivity contribution is 6.03. The van der Waals surface area contributed by atoms with E-state index in [1.807, 2.05) is 30.3 Å². The molecule has 0 saturated carbocycles. The molecule has 2 amide bonds. The molecule has 0 aliphatic carbocycles. The SMILES string of the molecule is CC(=O)Nc1ccc(NC(=O)c2cccc(Nc3nccc4ccccc34)n2)cc1. The molecule has 0 fully saturated rings. The fourth-order valence-electron chi connectivity index (χ4n) is 3.01. The lowest BCUT2D eigenvalue weighted by Gasteiger charge is -2.10. The quantitative estimate of drug-likeness (QED) is 0.458. The van der Waals surface area contributed by atoms with Gasteiger partial charge in [0.2, 0.25) is 5.91 Å². The zero-order chi connectivity index (χ0) is 20.9. The summed E-state index contributed by atoms with van der Waals surface area (Å²) in [5, 5.41) is 10.7. The molecular formula is C23H19N5O2. The Labute approximate surface area is 173 Å². The Morgan fingerprint density at radius 2 is 1.53 bits per heavy atom. The van der Waals surface area contributed by atoms with Crippen molar-refractivity contribution < 1.29 is 9.59 Å². The molecule has 2 heterocycles. The van der Waals surface area contributed by atoms with Gasteiger partial charge in [0, 0.05) is 29.9 Å². The second kappa shape index (κ2) is 8.40. The van der Waals surface area contributed by atoms with Gasteiger partial charge in [-0.25, -0.2) is 9.97 Å². The Balaban J connectivity index is 1.50. The van der Waals surface area contributed by atoms with Crippen LogP contribution in [0.5, 0.6) is 0 Å². The number of fused-ring (bicyclic) bond motifs is 1. The van der Waals surface area contributed by atoms with Crippen molar-refractivity contribution in [1.82, 2.24) is 9.97 Å². The van der Waals surface area contributed by atoms with Crippen LogP contribution in [-0.2, 0) is 4.79 Å². The molecule has 4 aromatic rings. The van der Waals surface area contributed by atoms with Gasteiger partial charge in [0.1, 0.15) is 17.3 Å². The largest absolute Gasteiger partial charge is 0.326 e. The van der Waals surface area contributed by atoms with E-state index >= 15 is 0 Å². The Morgan fingerprint density at radius 1 is 0.800 bits per heavy atom. The van der Waals surface area contributed by atoms with Crippen LogP contribution in [0.1, 0.15) is 17.4 Å². The van der Waals surface area contributed by atoms with Crippen molar-refractivity contribution in [2.24, 2.45) is 0 Å². The third kappa shape index (κ3) is 4.41. The molecule has 3 N–H and O–H groups in total. The van der Waals surface area contributed by atoms with E-state index in [2.05, 4.69) is 25.9 Å². The van der Waals surface area contributed by atoms with Crippen LogP contribution in [0, 0.1) is 0 Å². The lowest BCUT2D eigenvalue weighted by atomic mass is 10.1. The average Bonchev–Trinajstić information content (AvgIpc) is 2.75. The molecule has 4 rings (SSSR count). The molecule has 148 valence electrons. The molecule has 0 spiro atoms. The predicted molar refractivity (Wildman–Crippen MR) is 118 cm³/mol. The Hall–Kier alpha value is -4.26. The summed E-state index contributed by atoms with van der Waals surface area (Å²) in [5.74, 6) is 0.706. The summed E-state index contributed by atoms with van der Waals surface area (Å²) in [6.07, 6.45) is 1.73. The van der Waals surface area contributed by atoms with Crippen LogP contribution in [0.25, 0.3) is 10.8 Å². The molecule has 0 unspecified atom stereocenters. The molecule has 0 aliphatic heterocycles. The van der Waals surface area contributed by atoms with Crippen molar-refractivity contribution in [3.8, 4) is 0 Å². The maximum atomic E-state index is 12.6. The van der Waals surface area contributed by atoms with E-state index in [0.29, 0.717) is 23.0 Å². The second-order valence-electron chi connectivity index (χ2n) is 6.63. The van der Waals surface area contributed by atoms with Gasteiger partial charge in [-0.05, 0) is 47.9 Å². The van der Waals surface area contributed by atoms with Crippen molar-refractivity contribution in [2.45, 2.75) is 6.92 Å². The monoisotopic (exact) mass is 397 g/mol. The van der Waals surface area contributed by atoms with Gasteiger partial charge in [-0.3, -0.25) is 9.59 Å². The summed E-state index contributed by atoms with van der Waals surface area (Å²) in [4.78, 5) is 32.5. The third-order valence-corrected chi connectivity index (χ3v) is 4.36. The van der Waals surface area contributed by atoms with E-state index in [1.54, 1.807) is 48.7 Å². The molecule has 0 saturated heterocycles. The third-order valence-electron chi connectivity index (χ3n) is 4.36. The minimum absolute atomic E-state index is 0.152. The number of aromatic nitrogens is 2. The number of amides is 2. The van der Waals surface area contributed by atoms with Crippen LogP contribution in [0.2, 0.25) is 0 Å². The van der Waals surface area contributed by atoms with Crippen LogP contribution in [-0.4, -0.2) is 21.8 Å². The Morgan fingerprint density at radius 3 is 2.30 bits per heavy atom. The summed E-state index contributed by atoms with van der Waals surface area (Å²) in [6.45, 7) is 1.44. The highest BCUT2D eigenvalue weighted by Gasteiger charge is 2.10. The molecule has 0 radical (unpaired) electrons. The summed E-state index contributed by atoms with van der Waals surface area (Å²) >= 11 is 0. The van der Waals surface area contributed by atoms with E-state index in [-0.39, 0.29) is 17.5 Å². The van der Waals surface area contributed by atoms with Gasteiger partial charge >= 0.3 is 0 Å². The number of benzene rings is 2. The zero-order valence-corrected chi connectivity index (χ0v) is 16.2. The summed E-state index contributed by atoms with van der Waals surface area (Å²) < 4.78 is 0. The molecule has 0 aliphatic rings. The topological polar surface area (TPSA) is 96.0 Å². The minimum atomic E-state index is -0.336. The van der Waals surface area contributed by atoms with Gasteiger partial charge < -0.3 is 16.0 Å². The first-order valence-corrected chi connectivity index (χ1v) is 9.35. The molecule has 7 nitrogen and oxygen atoms in total. The minimum Gasteiger partial charge on any atom is -0.326 e. The fourth-order valence-corrected chi connectivity index (χ4v) is 3.01. The van der Waals surface area contributed by atoms with Gasteiger partial charge in [0.05, 0.1) is 0 Å². The first-order chi connectivity index (χ1) is 14.6. The van der Waals surface area contributed by atoms with Crippen molar-refractivity contribution >= 4 is 45.6 Å². The van der Waals surface area contributed by atoms with Crippen molar-refractivity contribution in [1.29, 1.82) is 0 Å². The maximum absolute atomic E-state index is 12.6. The maximum Gasteiger partial charge on any atom is 0.274 e. The average molecular weight is 397 g/mol. The first-order valence-electron chi connectivity index (χ1n) is 9.35. The number of hydrogen-bond donors (Lipinski definition) is 3. The number of carbonyl (C=O) groups is 2. The number of rotatable bonds is 5. The lowest BCUT2D eigenvalue weighted by molar-refractivity contribution is -0.114. The van der Waals surface area contributed by atoms with E-state index < -0.39 is 0 Å². The lowest BCUT2D eigenvalue weighted by Crippen LogP contribution is -2.14. The Kier molecular flexibility index (Phi) is 5.34. The summed E-state index contributed by atoms with van der Waals surface area (Å²) in [7, 11) is 0. The second-order valence-corrected chi connectivity index (χ2v) is 6.63. The molecule has 7 heteroatoms. The fraction of sp³-hybridized carbons (Fsp3) is 0.0435. The highest BCUT2D eigenvalue weighted by atomic mass is 16.2. The zero-order valence-electron chi connectivity index (χ0n) is 16.2. The molecule has 2 aromatic heterocycles. The van der Waals surface area contributed by atoms with Gasteiger partial charge in [-0.1, -0.05) is 30.3 Å². The summed E-state index contributed by atoms with van der Waals surface area (Å²) in [6, 6.07) is 21.9. The summed E-state index contributed by atoms with van der Waals surface area (Å²) in [5.41, 5.74) is 1.53. The van der Waals surface area contributed by atoms with Crippen molar-refractivity contribution in [3.63, 3.8) is 0 Å². The Bertz CT molecular complexity index is 1220. The predicted octanol–water partition coefficient (Wildman–Crippen LogP) is 4.58. The van der Waals surface area contributed by atoms with E-state index in [1.165, 1.54) is 6.92 Å². The number of nitrogens with zero attached hydrogens (tertiary/aromatic N) is 2. The first kappa shape index (κ1) is 19.1. The number of carbonyl (C=O) groups excluding carboxylic acids is 2. The van der Waals surface area contributed by atoms with E-state index in [0.717, 1.165) is 10.8 Å². The normalized spacial score (nSPS) is 10.4. The smallest absolute Gasteiger partial charge is 0.274 e. The standard InChI is InChI=1S/C23H19N5O2/c1-15(29)25-17-9-11-18(12-10-17)26-23(30)20-7-4-8-21(27-20)28-22-19-6-3-2-5-16(19)13-14-24-22/h2-14H,1H3,(H,25,29)(H,26,30)(H,24,27,28). The number of anilines is 4. The van der Waals surface area contributed by atoms with Crippen LogP contribution in [0.3, 0.4) is 0 Å². The van der Waals surface area contributed by atoms with Crippen LogP contribution in [0.15, 0.2) is 79.0 Å². The molecule has 0 bridgehead atoms. The number of hydrogen-bond acceptors (Lipinski definition) is 5. The van der Waals surface area contributed by atoms with Gasteiger partial charge in [-0.2, -0.15) is 0 Å². The van der Waals surface area contributed by atoms with Crippen molar-refractivity contribution in [2.75, 3.05) is 16.0 Å². The highest BCUT2D eigenvalue weighted by Crippen LogP contribution is 2.23. The molecular weight excluding hydrogens is 378 g/mol. The van der Waals surface area contributed by atoms with E-state index in [9.17, 15) is 9.59 Å². The van der Waals surface area contributed by atoms with Crippen LogP contribution in [0.4, 0.5) is 23.0 Å². The van der Waals surface area contributed by atoms with E-state index in [4.69, 9.17) is 0 Å². The van der Waals surface area contributed by atoms with Gasteiger partial charge in [-0.15, -0.1) is 0 Å². The molecule has 2 aromatic carbocycles. The van der Waals surface area contributed by atoms with Crippen LogP contribution < -0.4 is 16.0 Å².